The summed E-state index contributed by atoms with van der Waals surface area (Å²) in [6, 6.07) is 9.03. The Balaban J connectivity index is 1.82. The normalized spacial score (nSPS) is 11.0. The van der Waals surface area contributed by atoms with Gasteiger partial charge < -0.3 is 10.2 Å². The van der Waals surface area contributed by atoms with Crippen molar-refractivity contribution in [2.45, 2.75) is 23.9 Å². The molecule has 130 valence electrons. The molecule has 1 amide bonds. The SMILES string of the molecule is NC(=O)CCn1c(SCc2ccc(Cl)c(Cl)c2)nnc1-c1ccco1. The first-order chi connectivity index (χ1) is 12.0. The van der Waals surface area contributed by atoms with Crippen LogP contribution in [0, 0.1) is 0 Å². The molecule has 3 aromatic rings. The third-order valence-corrected chi connectivity index (χ3v) is 5.17. The van der Waals surface area contributed by atoms with Crippen molar-refractivity contribution in [1.29, 1.82) is 0 Å². The van der Waals surface area contributed by atoms with Crippen molar-refractivity contribution in [2.75, 3.05) is 0 Å². The van der Waals surface area contributed by atoms with Crippen molar-refractivity contribution in [2.24, 2.45) is 5.73 Å². The first-order valence-electron chi connectivity index (χ1n) is 7.36. The summed E-state index contributed by atoms with van der Waals surface area (Å²) >= 11 is 13.5. The van der Waals surface area contributed by atoms with Gasteiger partial charge in [-0.05, 0) is 29.8 Å². The van der Waals surface area contributed by atoms with Crippen molar-refractivity contribution in [3.63, 3.8) is 0 Å². The molecule has 6 nitrogen and oxygen atoms in total. The highest BCUT2D eigenvalue weighted by molar-refractivity contribution is 7.98. The number of nitrogens with zero attached hydrogens (tertiary/aromatic N) is 3. The lowest BCUT2D eigenvalue weighted by Gasteiger charge is -2.08. The smallest absolute Gasteiger partial charge is 0.219 e. The molecule has 9 heteroatoms. The Kier molecular flexibility index (Phi) is 5.67. The zero-order chi connectivity index (χ0) is 17.8. The van der Waals surface area contributed by atoms with Crippen LogP contribution in [0.15, 0.2) is 46.2 Å². The van der Waals surface area contributed by atoms with Gasteiger partial charge >= 0.3 is 0 Å². The lowest BCUT2D eigenvalue weighted by molar-refractivity contribution is -0.118. The molecular formula is C16H14Cl2N4O2S. The number of furan rings is 1. The number of carbonyl (C=O) groups excluding carboxylic acids is 1. The van der Waals surface area contributed by atoms with Gasteiger partial charge in [-0.3, -0.25) is 9.36 Å². The second kappa shape index (κ2) is 7.95. The van der Waals surface area contributed by atoms with Crippen molar-refractivity contribution < 1.29 is 9.21 Å². The molecule has 25 heavy (non-hydrogen) atoms. The largest absolute Gasteiger partial charge is 0.461 e. The summed E-state index contributed by atoms with van der Waals surface area (Å²) in [6.07, 6.45) is 1.75. The van der Waals surface area contributed by atoms with E-state index in [1.54, 1.807) is 24.5 Å². The van der Waals surface area contributed by atoms with Gasteiger partial charge in [0, 0.05) is 18.7 Å². The number of amides is 1. The van der Waals surface area contributed by atoms with E-state index in [-0.39, 0.29) is 12.3 Å². The summed E-state index contributed by atoms with van der Waals surface area (Å²) in [4.78, 5) is 11.2. The van der Waals surface area contributed by atoms with Crippen LogP contribution in [-0.2, 0) is 17.1 Å². The minimum atomic E-state index is -0.389. The van der Waals surface area contributed by atoms with Crippen LogP contribution in [0.5, 0.6) is 0 Å². The maximum atomic E-state index is 11.2. The Hall–Kier alpha value is -1.96. The molecule has 0 aliphatic carbocycles. The summed E-state index contributed by atoms with van der Waals surface area (Å²) in [6.45, 7) is 0.377. The van der Waals surface area contributed by atoms with Crippen molar-refractivity contribution in [3.05, 3.63) is 52.2 Å². The van der Waals surface area contributed by atoms with E-state index in [0.29, 0.717) is 39.1 Å². The number of halogens is 2. The number of hydrogen-bond acceptors (Lipinski definition) is 5. The third kappa shape index (κ3) is 4.36. The van der Waals surface area contributed by atoms with E-state index in [0.717, 1.165) is 5.56 Å². The second-order valence-corrected chi connectivity index (χ2v) is 6.95. The van der Waals surface area contributed by atoms with Crippen LogP contribution >= 0.6 is 35.0 Å². The van der Waals surface area contributed by atoms with E-state index in [4.69, 9.17) is 33.4 Å². The number of thioether (sulfide) groups is 1. The highest BCUT2D eigenvalue weighted by Gasteiger charge is 2.17. The summed E-state index contributed by atoms with van der Waals surface area (Å²) < 4.78 is 7.22. The van der Waals surface area contributed by atoms with Crippen LogP contribution in [0.25, 0.3) is 11.6 Å². The van der Waals surface area contributed by atoms with Gasteiger partial charge in [-0.2, -0.15) is 0 Å². The van der Waals surface area contributed by atoms with Gasteiger partial charge in [0.2, 0.25) is 5.91 Å². The zero-order valence-corrected chi connectivity index (χ0v) is 15.3. The van der Waals surface area contributed by atoms with Crippen molar-refractivity contribution in [1.82, 2.24) is 14.8 Å². The topological polar surface area (TPSA) is 86.9 Å². The average Bonchev–Trinajstić information content (AvgIpc) is 3.23. The summed E-state index contributed by atoms with van der Waals surface area (Å²) in [5, 5.41) is 10.1. The van der Waals surface area contributed by atoms with E-state index < -0.39 is 0 Å². The number of benzene rings is 1. The molecule has 0 bridgehead atoms. The zero-order valence-electron chi connectivity index (χ0n) is 13.0. The van der Waals surface area contributed by atoms with E-state index in [1.807, 2.05) is 16.7 Å². The van der Waals surface area contributed by atoms with E-state index in [2.05, 4.69) is 10.2 Å². The van der Waals surface area contributed by atoms with Gasteiger partial charge in [0.05, 0.1) is 16.3 Å². The highest BCUT2D eigenvalue weighted by atomic mass is 35.5. The van der Waals surface area contributed by atoms with Gasteiger partial charge in [-0.15, -0.1) is 10.2 Å². The molecule has 2 N–H and O–H groups in total. The van der Waals surface area contributed by atoms with Gasteiger partial charge in [-0.1, -0.05) is 41.0 Å². The molecule has 2 heterocycles. The predicted octanol–water partition coefficient (Wildman–Crippen LogP) is 4.01. The fourth-order valence-corrected chi connectivity index (χ4v) is 3.41. The molecule has 0 unspecified atom stereocenters. The van der Waals surface area contributed by atoms with Gasteiger partial charge in [0.25, 0.3) is 0 Å². The minimum absolute atomic E-state index is 0.187. The number of hydrogen-bond donors (Lipinski definition) is 1. The Morgan fingerprint density at radius 1 is 1.24 bits per heavy atom. The van der Waals surface area contributed by atoms with Gasteiger partial charge in [0.1, 0.15) is 0 Å². The Bertz CT molecular complexity index is 880. The fourth-order valence-electron chi connectivity index (χ4n) is 2.18. The molecule has 0 atom stereocenters. The van der Waals surface area contributed by atoms with Crippen LogP contribution in [0.3, 0.4) is 0 Å². The summed E-state index contributed by atoms with van der Waals surface area (Å²) in [5.74, 6) is 1.38. The summed E-state index contributed by atoms with van der Waals surface area (Å²) in [5.41, 5.74) is 6.28. The number of carbonyl (C=O) groups is 1. The van der Waals surface area contributed by atoms with Crippen molar-refractivity contribution >= 4 is 40.9 Å². The molecule has 0 aliphatic rings. The van der Waals surface area contributed by atoms with Crippen LogP contribution in [-0.4, -0.2) is 20.7 Å². The first-order valence-corrected chi connectivity index (χ1v) is 9.11. The predicted molar refractivity (Wildman–Crippen MR) is 97.6 cm³/mol. The molecule has 0 spiro atoms. The first kappa shape index (κ1) is 17.8. The lowest BCUT2D eigenvalue weighted by Crippen LogP contribution is -2.15. The molecule has 1 aromatic carbocycles. The van der Waals surface area contributed by atoms with Crippen molar-refractivity contribution in [3.8, 4) is 11.6 Å². The summed E-state index contributed by atoms with van der Waals surface area (Å²) in [7, 11) is 0. The average molecular weight is 397 g/mol. The van der Waals surface area contributed by atoms with E-state index >= 15 is 0 Å². The minimum Gasteiger partial charge on any atom is -0.461 e. The fraction of sp³-hybridized carbons (Fsp3) is 0.188. The maximum Gasteiger partial charge on any atom is 0.219 e. The van der Waals surface area contributed by atoms with E-state index in [1.165, 1.54) is 11.8 Å². The quantitative estimate of drug-likeness (QED) is 0.609. The maximum absolute atomic E-state index is 11.2. The molecular weight excluding hydrogens is 383 g/mol. The third-order valence-electron chi connectivity index (χ3n) is 3.39. The number of nitrogens with two attached hydrogens (primary N) is 1. The highest BCUT2D eigenvalue weighted by Crippen LogP contribution is 2.29. The van der Waals surface area contributed by atoms with Gasteiger partial charge in [-0.25, -0.2) is 0 Å². The Labute approximate surface area is 158 Å². The van der Waals surface area contributed by atoms with Crippen LogP contribution in [0.1, 0.15) is 12.0 Å². The Morgan fingerprint density at radius 2 is 2.08 bits per heavy atom. The molecule has 0 fully saturated rings. The molecule has 2 aromatic heterocycles. The number of primary amides is 1. The van der Waals surface area contributed by atoms with Gasteiger partial charge in [0.15, 0.2) is 16.7 Å². The molecule has 0 aliphatic heterocycles. The number of rotatable bonds is 7. The monoisotopic (exact) mass is 396 g/mol. The lowest BCUT2D eigenvalue weighted by atomic mass is 10.2. The standard InChI is InChI=1S/C16H14Cl2N4O2S/c17-11-4-3-10(8-12(11)18)9-25-16-21-20-15(13-2-1-7-24-13)22(16)6-5-14(19)23/h1-4,7-8H,5-6,9H2,(H2,19,23). The molecule has 0 saturated heterocycles. The molecule has 3 rings (SSSR count). The van der Waals surface area contributed by atoms with Crippen LogP contribution in [0.2, 0.25) is 10.0 Å². The van der Waals surface area contributed by atoms with Crippen LogP contribution in [0.4, 0.5) is 0 Å². The van der Waals surface area contributed by atoms with E-state index in [9.17, 15) is 4.79 Å². The Morgan fingerprint density at radius 3 is 2.76 bits per heavy atom. The molecule has 0 radical (unpaired) electrons. The van der Waals surface area contributed by atoms with Crippen LogP contribution < -0.4 is 5.73 Å². The number of aromatic nitrogens is 3. The second-order valence-electron chi connectivity index (χ2n) is 5.19. The molecule has 0 saturated carbocycles.